The van der Waals surface area contributed by atoms with E-state index < -0.39 is 24.0 Å². The maximum Gasteiger partial charge on any atom is 0.332 e. The number of thioether (sulfide) groups is 1. The number of anilines is 1. The molecular weight excluding hydrogens is 636 g/mol. The Labute approximate surface area is 284 Å². The smallest absolute Gasteiger partial charge is 0.332 e. The Balaban J connectivity index is 0.000000694. The van der Waals surface area contributed by atoms with Gasteiger partial charge in [-0.3, -0.25) is 4.79 Å². The number of methoxy groups -OCH3 is 1. The summed E-state index contributed by atoms with van der Waals surface area (Å²) >= 11 is 1.57. The molecule has 0 aromatic heterocycles. The van der Waals surface area contributed by atoms with Gasteiger partial charge in [0.05, 0.1) is 24.7 Å². The fraction of sp³-hybridized carbons (Fsp3) is 0.333. The van der Waals surface area contributed by atoms with E-state index in [0.29, 0.717) is 25.2 Å². The Bertz CT molecular complexity index is 1510. The number of ether oxygens (including phenoxy) is 3. The van der Waals surface area contributed by atoms with E-state index in [4.69, 9.17) is 24.4 Å². The van der Waals surface area contributed by atoms with Crippen molar-refractivity contribution in [2.24, 2.45) is 0 Å². The van der Waals surface area contributed by atoms with Crippen LogP contribution in [0.3, 0.4) is 0 Å². The van der Waals surface area contributed by atoms with Crippen LogP contribution >= 0.6 is 11.8 Å². The largest absolute Gasteiger partial charge is 0.497 e. The SMILES string of the molecule is CCOC(=O)CO[C@H]1C(=O)N(CCNCCCc2ccc(C)cc2)c2ccccc2S[C@H]1c1ccc(OC)cc1.O=C(O)C=CC(=O)O. The standard InChI is InChI=1S/C32H38N2O5S.C4H4O4/c1-4-38-29(35)22-39-30-31(25-15-17-26(37-3)18-16-25)40-28-10-6-5-9-27(28)34(32(30)36)21-20-33-19-7-8-24-13-11-23(2)12-14-24;5-3(6)1-2-4(7)8/h5-6,9-18,30-31,33H,4,7-8,19-22H2,1-3H3;1-2H,(H,5,6)(H,7,8)/t30-,31+;/m1./s1. The van der Waals surface area contributed by atoms with Crippen LogP contribution in [-0.4, -0.2) is 80.1 Å². The van der Waals surface area contributed by atoms with Crippen molar-refractivity contribution >= 4 is 41.3 Å². The van der Waals surface area contributed by atoms with Crippen molar-refractivity contribution in [2.75, 3.05) is 44.9 Å². The third-order valence-corrected chi connectivity index (χ3v) is 8.52. The summed E-state index contributed by atoms with van der Waals surface area (Å²) in [5.41, 5.74) is 4.35. The number of para-hydroxylation sites is 1. The summed E-state index contributed by atoms with van der Waals surface area (Å²) in [5, 5.41) is 18.8. The van der Waals surface area contributed by atoms with Crippen LogP contribution in [0.25, 0.3) is 0 Å². The van der Waals surface area contributed by atoms with Gasteiger partial charge in [0.15, 0.2) is 6.10 Å². The normalized spacial score (nSPS) is 15.6. The lowest BCUT2D eigenvalue weighted by Crippen LogP contribution is -2.45. The van der Waals surface area contributed by atoms with Gasteiger partial charge in [0.1, 0.15) is 12.4 Å². The lowest BCUT2D eigenvalue weighted by molar-refractivity contribution is -0.152. The Morgan fingerprint density at radius 2 is 1.60 bits per heavy atom. The average molecular weight is 679 g/mol. The monoisotopic (exact) mass is 678 g/mol. The molecule has 4 rings (SSSR count). The van der Waals surface area contributed by atoms with E-state index >= 15 is 0 Å². The number of carbonyl (C=O) groups is 4. The summed E-state index contributed by atoms with van der Waals surface area (Å²) in [6, 6.07) is 24.2. The Hall–Kier alpha value is -4.65. The number of nitrogens with zero attached hydrogens (tertiary/aromatic N) is 1. The van der Waals surface area contributed by atoms with E-state index in [0.717, 1.165) is 41.3 Å². The fourth-order valence-electron chi connectivity index (χ4n) is 4.80. The lowest BCUT2D eigenvalue weighted by Gasteiger charge is -2.28. The molecule has 2 atom stereocenters. The van der Waals surface area contributed by atoms with Gasteiger partial charge in [-0.25, -0.2) is 14.4 Å². The van der Waals surface area contributed by atoms with E-state index in [2.05, 4.69) is 36.5 Å². The molecular formula is C36H42N2O9S. The second kappa shape index (κ2) is 19.9. The number of rotatable bonds is 15. The number of nitrogens with one attached hydrogen (secondary N) is 1. The van der Waals surface area contributed by atoms with Crippen molar-refractivity contribution in [3.8, 4) is 5.75 Å². The molecule has 1 aliphatic heterocycles. The first-order valence-corrected chi connectivity index (χ1v) is 16.4. The van der Waals surface area contributed by atoms with Crippen LogP contribution in [0, 0.1) is 6.92 Å². The number of fused-ring (bicyclic) bond motifs is 1. The molecule has 0 saturated carbocycles. The average Bonchev–Trinajstić information content (AvgIpc) is 3.19. The highest BCUT2D eigenvalue weighted by Crippen LogP contribution is 2.46. The second-order valence-electron chi connectivity index (χ2n) is 10.7. The quantitative estimate of drug-likeness (QED) is 0.112. The predicted octanol–water partition coefficient (Wildman–Crippen LogP) is 5.07. The van der Waals surface area contributed by atoms with Gasteiger partial charge in [0, 0.05) is 30.1 Å². The molecule has 1 amide bonds. The fourth-order valence-corrected chi connectivity index (χ4v) is 6.14. The van der Waals surface area contributed by atoms with Gasteiger partial charge < -0.3 is 34.6 Å². The number of benzene rings is 3. The highest BCUT2D eigenvalue weighted by molar-refractivity contribution is 7.99. The molecule has 1 heterocycles. The zero-order chi connectivity index (χ0) is 34.9. The first-order chi connectivity index (χ1) is 23.1. The summed E-state index contributed by atoms with van der Waals surface area (Å²) in [5.74, 6) is -2.45. The minimum absolute atomic E-state index is 0.177. The minimum atomic E-state index is -1.26. The molecule has 3 aromatic rings. The highest BCUT2D eigenvalue weighted by atomic mass is 32.2. The maximum absolute atomic E-state index is 14.1. The van der Waals surface area contributed by atoms with Crippen molar-refractivity contribution in [1.29, 1.82) is 0 Å². The van der Waals surface area contributed by atoms with Crippen LogP contribution in [-0.2, 0) is 35.1 Å². The van der Waals surface area contributed by atoms with Crippen LogP contribution in [0.5, 0.6) is 5.75 Å². The highest BCUT2D eigenvalue weighted by Gasteiger charge is 2.39. The number of amides is 1. The number of carboxylic acids is 2. The molecule has 3 aromatic carbocycles. The summed E-state index contributed by atoms with van der Waals surface area (Å²) < 4.78 is 16.4. The van der Waals surface area contributed by atoms with Crippen LogP contribution in [0.1, 0.15) is 35.3 Å². The second-order valence-corrected chi connectivity index (χ2v) is 11.8. The van der Waals surface area contributed by atoms with Crippen LogP contribution < -0.4 is 15.0 Å². The van der Waals surface area contributed by atoms with Gasteiger partial charge in [-0.2, -0.15) is 0 Å². The van der Waals surface area contributed by atoms with Crippen LogP contribution in [0.4, 0.5) is 5.69 Å². The topological polar surface area (TPSA) is 152 Å². The van der Waals surface area contributed by atoms with Crippen LogP contribution in [0.15, 0.2) is 89.8 Å². The number of aliphatic carboxylic acids is 2. The number of hydrogen-bond acceptors (Lipinski definition) is 9. The van der Waals surface area contributed by atoms with Crippen molar-refractivity contribution in [2.45, 2.75) is 42.9 Å². The lowest BCUT2D eigenvalue weighted by atomic mass is 10.1. The summed E-state index contributed by atoms with van der Waals surface area (Å²) in [4.78, 5) is 48.2. The zero-order valence-corrected chi connectivity index (χ0v) is 28.1. The zero-order valence-electron chi connectivity index (χ0n) is 27.3. The van der Waals surface area contributed by atoms with Gasteiger partial charge in [0.2, 0.25) is 0 Å². The van der Waals surface area contributed by atoms with E-state index in [1.807, 2.05) is 48.5 Å². The van der Waals surface area contributed by atoms with Crippen molar-refractivity contribution in [3.05, 3.63) is 102 Å². The first-order valence-electron chi connectivity index (χ1n) is 15.5. The number of carbonyl (C=O) groups excluding carboxylic acids is 2. The van der Waals surface area contributed by atoms with E-state index in [1.165, 1.54) is 11.1 Å². The van der Waals surface area contributed by atoms with E-state index in [1.54, 1.807) is 30.7 Å². The maximum atomic E-state index is 14.1. The van der Waals surface area contributed by atoms with Gasteiger partial charge in [-0.1, -0.05) is 54.1 Å². The third kappa shape index (κ3) is 12.2. The molecule has 0 saturated heterocycles. The number of esters is 1. The Kier molecular flexibility index (Phi) is 15.7. The molecule has 48 heavy (non-hydrogen) atoms. The third-order valence-electron chi connectivity index (χ3n) is 7.15. The van der Waals surface area contributed by atoms with E-state index in [-0.39, 0.29) is 24.4 Å². The molecule has 11 nitrogen and oxygen atoms in total. The molecule has 12 heteroatoms. The van der Waals surface area contributed by atoms with Crippen LogP contribution in [0.2, 0.25) is 0 Å². The summed E-state index contributed by atoms with van der Waals surface area (Å²) in [7, 11) is 1.62. The van der Waals surface area contributed by atoms with Crippen molar-refractivity contribution < 1.29 is 43.6 Å². The summed E-state index contributed by atoms with van der Waals surface area (Å²) in [6.45, 7) is 5.77. The van der Waals surface area contributed by atoms with E-state index in [9.17, 15) is 19.2 Å². The molecule has 0 fully saturated rings. The first kappa shape index (κ1) is 37.8. The van der Waals surface area contributed by atoms with Gasteiger partial charge in [-0.15, -0.1) is 11.8 Å². The van der Waals surface area contributed by atoms with Crippen molar-refractivity contribution in [1.82, 2.24) is 5.32 Å². The van der Waals surface area contributed by atoms with Gasteiger partial charge in [-0.05, 0) is 68.6 Å². The molecule has 0 spiro atoms. The number of aryl methyl sites for hydroxylation is 2. The summed E-state index contributed by atoms with van der Waals surface area (Å²) in [6.07, 6.45) is 2.25. The molecule has 0 radical (unpaired) electrons. The molecule has 0 unspecified atom stereocenters. The molecule has 1 aliphatic rings. The number of hydrogen-bond donors (Lipinski definition) is 3. The Morgan fingerprint density at radius 1 is 0.938 bits per heavy atom. The predicted molar refractivity (Wildman–Crippen MR) is 184 cm³/mol. The molecule has 3 N–H and O–H groups in total. The Morgan fingerprint density at radius 3 is 2.23 bits per heavy atom. The van der Waals surface area contributed by atoms with Crippen molar-refractivity contribution in [3.63, 3.8) is 0 Å². The van der Waals surface area contributed by atoms with Gasteiger partial charge >= 0.3 is 17.9 Å². The van der Waals surface area contributed by atoms with Gasteiger partial charge in [0.25, 0.3) is 5.91 Å². The molecule has 0 bridgehead atoms. The molecule has 256 valence electrons. The number of carboxylic acid groups (broad SMARTS) is 2. The molecule has 0 aliphatic carbocycles. The minimum Gasteiger partial charge on any atom is -0.497 e.